The first kappa shape index (κ1) is 37.8. The van der Waals surface area contributed by atoms with Crippen LogP contribution >= 0.6 is 0 Å². The molecule has 0 N–H and O–H groups in total. The Balaban J connectivity index is 0.000000154. The molecule has 6 aromatic carbocycles. The molecule has 4 heterocycles. The molecule has 0 aliphatic heterocycles. The van der Waals surface area contributed by atoms with Gasteiger partial charge in [0.25, 0.3) is 11.1 Å². The zero-order valence-electron chi connectivity index (χ0n) is 32.0. The van der Waals surface area contributed by atoms with E-state index in [9.17, 15) is 18.4 Å². The highest BCUT2D eigenvalue weighted by atomic mass is 19.1. The molecule has 60 heavy (non-hydrogen) atoms. The molecular formula is C46H32F4N8O2. The molecule has 0 saturated heterocycles. The highest BCUT2D eigenvalue weighted by Crippen LogP contribution is 2.31. The Morgan fingerprint density at radius 3 is 1.58 bits per heavy atom. The van der Waals surface area contributed by atoms with Gasteiger partial charge in [0, 0.05) is 48.4 Å². The molecule has 0 amide bonds. The van der Waals surface area contributed by atoms with Gasteiger partial charge in [-0.25, -0.2) is 27.5 Å². The van der Waals surface area contributed by atoms with Crippen LogP contribution in [0.3, 0.4) is 0 Å². The molecule has 14 heteroatoms. The van der Waals surface area contributed by atoms with Gasteiger partial charge in [-0.3, -0.25) is 19.0 Å². The maximum Gasteiger partial charge on any atom is 0.269 e. The van der Waals surface area contributed by atoms with Crippen molar-refractivity contribution in [3.05, 3.63) is 189 Å². The Hall–Kier alpha value is -7.74. The second-order valence-electron chi connectivity index (χ2n) is 14.3. The number of hydrogen-bond acceptors (Lipinski definition) is 6. The molecule has 4 aromatic heterocycles. The third-order valence-corrected chi connectivity index (χ3v) is 10.3. The van der Waals surface area contributed by atoms with Gasteiger partial charge in [-0.1, -0.05) is 42.5 Å². The second kappa shape index (κ2) is 15.2. The first-order valence-corrected chi connectivity index (χ1v) is 18.7. The van der Waals surface area contributed by atoms with E-state index in [1.807, 2.05) is 37.6 Å². The predicted octanol–water partition coefficient (Wildman–Crippen LogP) is 8.55. The highest BCUT2D eigenvalue weighted by molar-refractivity contribution is 5.94. The Labute approximate surface area is 337 Å². The summed E-state index contributed by atoms with van der Waals surface area (Å²) >= 11 is 0. The van der Waals surface area contributed by atoms with Gasteiger partial charge in [-0.05, 0) is 89.0 Å². The number of hydrogen-bond donors (Lipinski definition) is 0. The van der Waals surface area contributed by atoms with Gasteiger partial charge in [0.2, 0.25) is 0 Å². The minimum absolute atomic E-state index is 0.167. The van der Waals surface area contributed by atoms with Gasteiger partial charge < -0.3 is 9.13 Å². The number of fused-ring (bicyclic) bond motifs is 4. The molecule has 0 saturated carbocycles. The average Bonchev–Trinajstić information content (AvgIpc) is 3.82. The summed E-state index contributed by atoms with van der Waals surface area (Å²) in [4.78, 5) is 32.8. The van der Waals surface area contributed by atoms with Crippen molar-refractivity contribution in [1.82, 2.24) is 38.7 Å². The van der Waals surface area contributed by atoms with Crippen molar-refractivity contribution in [1.29, 1.82) is 0 Å². The van der Waals surface area contributed by atoms with Crippen LogP contribution in [0, 0.1) is 23.3 Å². The molecule has 0 radical (unpaired) electrons. The van der Waals surface area contributed by atoms with Crippen LogP contribution in [0.5, 0.6) is 0 Å². The first-order valence-electron chi connectivity index (χ1n) is 18.7. The van der Waals surface area contributed by atoms with Crippen molar-refractivity contribution >= 4 is 43.9 Å². The predicted molar refractivity (Wildman–Crippen MR) is 222 cm³/mol. The molecule has 0 spiro atoms. The summed E-state index contributed by atoms with van der Waals surface area (Å²) in [7, 11) is 3.61. The lowest BCUT2D eigenvalue weighted by molar-refractivity contribution is 0.544. The molecule has 0 aliphatic carbocycles. The zero-order chi connectivity index (χ0) is 41.7. The first-order chi connectivity index (χ1) is 29.0. The van der Waals surface area contributed by atoms with Gasteiger partial charge in [0.05, 0.1) is 58.6 Å². The van der Waals surface area contributed by atoms with Gasteiger partial charge in [-0.15, -0.1) is 0 Å². The second-order valence-corrected chi connectivity index (χ2v) is 14.3. The molecule has 0 fully saturated rings. The topological polar surface area (TPSA) is 105 Å². The normalized spacial score (nSPS) is 11.4. The van der Waals surface area contributed by atoms with Crippen LogP contribution in [0.2, 0.25) is 0 Å². The van der Waals surface area contributed by atoms with E-state index in [4.69, 9.17) is 0 Å². The summed E-state index contributed by atoms with van der Waals surface area (Å²) in [5.41, 5.74) is 4.80. The number of benzene rings is 6. The van der Waals surface area contributed by atoms with E-state index >= 15 is 8.78 Å². The van der Waals surface area contributed by atoms with Crippen LogP contribution in [0.25, 0.3) is 66.1 Å². The molecule has 10 nitrogen and oxygen atoms in total. The lowest BCUT2D eigenvalue weighted by Crippen LogP contribution is -2.22. The van der Waals surface area contributed by atoms with Crippen LogP contribution in [-0.2, 0) is 27.2 Å². The van der Waals surface area contributed by atoms with Crippen molar-refractivity contribution in [2.45, 2.75) is 13.1 Å². The van der Waals surface area contributed by atoms with Gasteiger partial charge in [0.15, 0.2) is 0 Å². The molecular weight excluding hydrogens is 773 g/mol. The average molecular weight is 805 g/mol. The van der Waals surface area contributed by atoms with E-state index in [0.29, 0.717) is 44.3 Å². The van der Waals surface area contributed by atoms with Crippen LogP contribution in [0.1, 0.15) is 11.1 Å². The van der Waals surface area contributed by atoms with Crippen molar-refractivity contribution in [3.8, 4) is 22.3 Å². The van der Waals surface area contributed by atoms with E-state index in [0.717, 1.165) is 34.2 Å². The van der Waals surface area contributed by atoms with Crippen molar-refractivity contribution in [3.63, 3.8) is 0 Å². The fourth-order valence-corrected chi connectivity index (χ4v) is 7.44. The smallest absolute Gasteiger partial charge is 0.269 e. The van der Waals surface area contributed by atoms with E-state index in [1.54, 1.807) is 83.1 Å². The molecule has 10 aromatic rings. The largest absolute Gasteiger partial charge is 0.301 e. The van der Waals surface area contributed by atoms with Gasteiger partial charge >= 0.3 is 0 Å². The third-order valence-electron chi connectivity index (χ3n) is 10.3. The number of halogens is 4. The number of para-hydroxylation sites is 4. The summed E-state index contributed by atoms with van der Waals surface area (Å²) in [6.07, 6.45) is 5.99. The van der Waals surface area contributed by atoms with Crippen molar-refractivity contribution in [2.75, 3.05) is 0 Å². The Bertz CT molecular complexity index is 3380. The van der Waals surface area contributed by atoms with Crippen molar-refractivity contribution < 1.29 is 17.6 Å². The Morgan fingerprint density at radius 1 is 0.500 bits per heavy atom. The van der Waals surface area contributed by atoms with Gasteiger partial charge in [0.1, 0.15) is 23.3 Å². The fraction of sp³-hybridized carbons (Fsp3) is 0.0870. The quantitative estimate of drug-likeness (QED) is 0.156. The number of rotatable bonds is 6. The third kappa shape index (κ3) is 7.08. The Morgan fingerprint density at radius 2 is 1.00 bits per heavy atom. The van der Waals surface area contributed by atoms with E-state index in [2.05, 4.69) is 20.2 Å². The standard InChI is InChI=1S/2C23H16F2N4O/c1-28-12-16-15(5-4-7-20(16)27-28)14-9-18(24)17(19(25)10-14)13-29-22-8-3-2-6-21(22)26-11-23(29)30;1-28-12-16-8-14(6-7-20(16)27-28)15-9-18(24)17(19(25)10-15)13-29-22-5-3-2-4-21(22)26-11-23(29)30/h2*2-12H,13H2,1H3. The van der Waals surface area contributed by atoms with Crippen LogP contribution in [0.4, 0.5) is 17.6 Å². The number of aromatic nitrogens is 8. The zero-order valence-corrected chi connectivity index (χ0v) is 32.0. The summed E-state index contributed by atoms with van der Waals surface area (Å²) in [5, 5.41) is 10.3. The number of nitrogens with zero attached hydrogens (tertiary/aromatic N) is 8. The summed E-state index contributed by atoms with van der Waals surface area (Å²) in [6, 6.07) is 30.1. The molecule has 0 atom stereocenters. The van der Waals surface area contributed by atoms with E-state index < -0.39 is 34.4 Å². The molecule has 296 valence electrons. The molecule has 0 unspecified atom stereocenters. The SMILES string of the molecule is Cn1cc2c(-c3cc(F)c(Cn4c(=O)cnc5ccccc54)c(F)c3)cccc2n1.Cn1cc2cc(-c3cc(F)c(Cn4c(=O)cnc5ccccc54)c(F)c3)ccc2n1. The Kier molecular flexibility index (Phi) is 9.59. The number of aryl methyl sites for hydroxylation is 2. The molecule has 0 bridgehead atoms. The lowest BCUT2D eigenvalue weighted by atomic mass is 10.00. The summed E-state index contributed by atoms with van der Waals surface area (Å²) in [5.74, 6) is -2.83. The van der Waals surface area contributed by atoms with E-state index in [1.165, 1.54) is 33.4 Å². The van der Waals surface area contributed by atoms with Crippen LogP contribution in [-0.4, -0.2) is 38.7 Å². The molecule has 0 aliphatic rings. The minimum Gasteiger partial charge on any atom is -0.301 e. The highest BCUT2D eigenvalue weighted by Gasteiger charge is 2.18. The maximum atomic E-state index is 15.0. The van der Waals surface area contributed by atoms with Crippen molar-refractivity contribution in [2.24, 2.45) is 14.1 Å². The summed E-state index contributed by atoms with van der Waals surface area (Å²) < 4.78 is 65.9. The van der Waals surface area contributed by atoms with Crippen LogP contribution < -0.4 is 11.1 Å². The summed E-state index contributed by atoms with van der Waals surface area (Å²) in [6.45, 7) is -0.446. The minimum atomic E-state index is -0.710. The van der Waals surface area contributed by atoms with Crippen LogP contribution in [0.15, 0.2) is 144 Å². The molecule has 10 rings (SSSR count). The maximum absolute atomic E-state index is 15.0. The van der Waals surface area contributed by atoms with Gasteiger partial charge in [-0.2, -0.15) is 10.2 Å². The lowest BCUT2D eigenvalue weighted by Gasteiger charge is -2.13. The monoisotopic (exact) mass is 804 g/mol. The van der Waals surface area contributed by atoms with E-state index in [-0.39, 0.29) is 24.2 Å². The fourth-order valence-electron chi connectivity index (χ4n) is 7.44.